The molecule has 2 atom stereocenters. The third-order valence-electron chi connectivity index (χ3n) is 4.21. The van der Waals surface area contributed by atoms with Crippen LogP contribution in [0, 0.1) is 0 Å². The van der Waals surface area contributed by atoms with E-state index in [1.807, 2.05) is 4.90 Å². The first-order valence-electron chi connectivity index (χ1n) is 7.52. The number of amides is 1. The molecule has 1 aromatic carbocycles. The summed E-state index contributed by atoms with van der Waals surface area (Å²) in [7, 11) is 0. The maximum atomic E-state index is 11.7. The van der Waals surface area contributed by atoms with E-state index in [1.165, 1.54) is 24.3 Å². The normalized spacial score (nSPS) is 26.9. The van der Waals surface area contributed by atoms with Gasteiger partial charge in [-0.2, -0.15) is 11.8 Å². The van der Waals surface area contributed by atoms with Crippen molar-refractivity contribution in [2.45, 2.75) is 43.9 Å². The molecule has 3 rings (SSSR count). The van der Waals surface area contributed by atoms with Gasteiger partial charge in [0.05, 0.1) is 0 Å². The first-order chi connectivity index (χ1) is 9.74. The second-order valence-corrected chi connectivity index (χ2v) is 7.15. The van der Waals surface area contributed by atoms with Gasteiger partial charge in [-0.15, -0.1) is 0 Å². The molecule has 108 valence electrons. The Morgan fingerprint density at radius 3 is 2.70 bits per heavy atom. The van der Waals surface area contributed by atoms with Crippen LogP contribution in [0.1, 0.15) is 32.6 Å². The highest BCUT2D eigenvalue weighted by atomic mass is 32.2. The van der Waals surface area contributed by atoms with E-state index >= 15 is 0 Å². The smallest absolute Gasteiger partial charge is 0.227 e. The van der Waals surface area contributed by atoms with Gasteiger partial charge in [-0.3, -0.25) is 4.79 Å². The van der Waals surface area contributed by atoms with Crippen molar-refractivity contribution in [3.05, 3.63) is 24.3 Å². The van der Waals surface area contributed by atoms with Crippen LogP contribution in [0.4, 0.5) is 11.4 Å². The van der Waals surface area contributed by atoms with Crippen molar-refractivity contribution in [3.8, 4) is 0 Å². The van der Waals surface area contributed by atoms with Crippen LogP contribution in [0.25, 0.3) is 0 Å². The summed E-state index contributed by atoms with van der Waals surface area (Å²) in [6.07, 6.45) is 4.22. The predicted molar refractivity (Wildman–Crippen MR) is 86.6 cm³/mol. The molecule has 4 heteroatoms. The number of carbonyl (C=O) groups excluding carboxylic acids is 1. The molecular weight excluding hydrogens is 268 g/mol. The third kappa shape index (κ3) is 2.95. The van der Waals surface area contributed by atoms with E-state index in [9.17, 15) is 4.79 Å². The molecule has 3 nitrogen and oxygen atoms in total. The molecule has 2 saturated heterocycles. The summed E-state index contributed by atoms with van der Waals surface area (Å²) in [5.41, 5.74) is 2.20. The number of carbonyl (C=O) groups is 1. The van der Waals surface area contributed by atoms with E-state index in [-0.39, 0.29) is 5.91 Å². The highest BCUT2D eigenvalue weighted by molar-refractivity contribution is 8.00. The highest BCUT2D eigenvalue weighted by Crippen LogP contribution is 2.29. The molecule has 0 bridgehead atoms. The molecule has 0 aliphatic carbocycles. The predicted octanol–water partition coefficient (Wildman–Crippen LogP) is 3.51. The van der Waals surface area contributed by atoms with Crippen molar-refractivity contribution < 1.29 is 4.79 Å². The average Bonchev–Trinajstić information content (AvgIpc) is 2.89. The van der Waals surface area contributed by atoms with E-state index in [0.29, 0.717) is 17.7 Å². The fraction of sp³-hybridized carbons (Fsp3) is 0.562. The Kier molecular flexibility index (Phi) is 4.20. The Bertz CT molecular complexity index is 474. The average molecular weight is 290 g/mol. The first kappa shape index (κ1) is 13.8. The van der Waals surface area contributed by atoms with Crippen molar-refractivity contribution in [2.75, 3.05) is 22.5 Å². The zero-order chi connectivity index (χ0) is 13.9. The summed E-state index contributed by atoms with van der Waals surface area (Å²) in [6, 6.07) is 8.89. The number of anilines is 2. The summed E-state index contributed by atoms with van der Waals surface area (Å²) < 4.78 is 0. The maximum absolute atomic E-state index is 11.7. The van der Waals surface area contributed by atoms with Gasteiger partial charge in [-0.25, -0.2) is 0 Å². The third-order valence-corrected chi connectivity index (χ3v) is 5.59. The van der Waals surface area contributed by atoms with Gasteiger partial charge >= 0.3 is 0 Å². The summed E-state index contributed by atoms with van der Waals surface area (Å²) in [4.78, 5) is 13.6. The molecule has 0 spiro atoms. The minimum atomic E-state index is 0.253. The van der Waals surface area contributed by atoms with Crippen LogP contribution in [0.15, 0.2) is 24.3 Å². The van der Waals surface area contributed by atoms with Gasteiger partial charge in [-0.1, -0.05) is 6.92 Å². The summed E-state index contributed by atoms with van der Waals surface area (Å²) in [5, 5.41) is 4.31. The Morgan fingerprint density at radius 1 is 1.25 bits per heavy atom. The first-order valence-corrected chi connectivity index (χ1v) is 8.57. The lowest BCUT2D eigenvalue weighted by molar-refractivity contribution is -0.117. The van der Waals surface area contributed by atoms with Crippen LogP contribution in [-0.2, 0) is 4.79 Å². The fourth-order valence-corrected chi connectivity index (χ4v) is 4.13. The van der Waals surface area contributed by atoms with Gasteiger partial charge < -0.3 is 10.2 Å². The van der Waals surface area contributed by atoms with E-state index in [1.54, 1.807) is 0 Å². The SMILES string of the molecule is CC1SCCCC1Nc1ccc(N2CCCC2=O)cc1. The Balaban J connectivity index is 1.65. The lowest BCUT2D eigenvalue weighted by Crippen LogP contribution is -2.32. The molecule has 2 heterocycles. The van der Waals surface area contributed by atoms with E-state index in [0.717, 1.165) is 18.7 Å². The molecule has 0 aromatic heterocycles. The number of nitrogens with zero attached hydrogens (tertiary/aromatic N) is 1. The summed E-state index contributed by atoms with van der Waals surface area (Å²) in [6.45, 7) is 3.17. The molecule has 2 unspecified atom stereocenters. The second kappa shape index (κ2) is 6.08. The number of nitrogens with one attached hydrogen (secondary N) is 1. The standard InChI is InChI=1S/C16H22N2OS/c1-12-15(4-3-11-20-12)17-13-6-8-14(9-7-13)18-10-2-5-16(18)19/h6-9,12,15,17H,2-5,10-11H2,1H3. The monoisotopic (exact) mass is 290 g/mol. The van der Waals surface area contributed by atoms with Crippen molar-refractivity contribution in [3.63, 3.8) is 0 Å². The van der Waals surface area contributed by atoms with Crippen LogP contribution in [0.2, 0.25) is 0 Å². The molecule has 0 radical (unpaired) electrons. The van der Waals surface area contributed by atoms with Crippen LogP contribution < -0.4 is 10.2 Å². The number of thioether (sulfide) groups is 1. The molecule has 1 amide bonds. The molecular formula is C16H22N2OS. The number of hydrogen-bond acceptors (Lipinski definition) is 3. The van der Waals surface area contributed by atoms with Crippen LogP contribution >= 0.6 is 11.8 Å². The highest BCUT2D eigenvalue weighted by Gasteiger charge is 2.23. The van der Waals surface area contributed by atoms with Gasteiger partial charge in [0, 0.05) is 35.6 Å². The van der Waals surface area contributed by atoms with Crippen LogP contribution in [0.3, 0.4) is 0 Å². The van der Waals surface area contributed by atoms with Crippen molar-refractivity contribution >= 4 is 29.0 Å². The van der Waals surface area contributed by atoms with Gasteiger partial charge in [-0.05, 0) is 49.3 Å². The molecule has 1 N–H and O–H groups in total. The second-order valence-electron chi connectivity index (χ2n) is 5.66. The molecule has 2 fully saturated rings. The van der Waals surface area contributed by atoms with Crippen molar-refractivity contribution in [1.82, 2.24) is 0 Å². The topological polar surface area (TPSA) is 32.3 Å². The van der Waals surface area contributed by atoms with Gasteiger partial charge in [0.25, 0.3) is 0 Å². The molecule has 2 aliphatic heterocycles. The molecule has 0 saturated carbocycles. The van der Waals surface area contributed by atoms with Crippen LogP contribution in [0.5, 0.6) is 0 Å². The zero-order valence-electron chi connectivity index (χ0n) is 12.0. The summed E-state index contributed by atoms with van der Waals surface area (Å²) >= 11 is 2.05. The number of benzene rings is 1. The number of rotatable bonds is 3. The maximum Gasteiger partial charge on any atom is 0.227 e. The van der Waals surface area contributed by atoms with E-state index in [4.69, 9.17) is 0 Å². The van der Waals surface area contributed by atoms with E-state index < -0.39 is 0 Å². The minimum absolute atomic E-state index is 0.253. The Hall–Kier alpha value is -1.16. The molecule has 20 heavy (non-hydrogen) atoms. The van der Waals surface area contributed by atoms with E-state index in [2.05, 4.69) is 48.3 Å². The lowest BCUT2D eigenvalue weighted by Gasteiger charge is -2.30. The van der Waals surface area contributed by atoms with Gasteiger partial charge in [0.2, 0.25) is 5.91 Å². The minimum Gasteiger partial charge on any atom is -0.381 e. The number of hydrogen-bond donors (Lipinski definition) is 1. The zero-order valence-corrected chi connectivity index (χ0v) is 12.8. The van der Waals surface area contributed by atoms with Gasteiger partial charge in [0.1, 0.15) is 0 Å². The fourth-order valence-electron chi connectivity index (χ4n) is 2.99. The van der Waals surface area contributed by atoms with Crippen LogP contribution in [-0.4, -0.2) is 29.5 Å². The quantitative estimate of drug-likeness (QED) is 0.924. The van der Waals surface area contributed by atoms with Crippen molar-refractivity contribution in [2.24, 2.45) is 0 Å². The lowest BCUT2D eigenvalue weighted by atomic mass is 10.1. The Labute approximate surface area is 125 Å². The Morgan fingerprint density at radius 2 is 2.05 bits per heavy atom. The van der Waals surface area contributed by atoms with Gasteiger partial charge in [0.15, 0.2) is 0 Å². The molecule has 2 aliphatic rings. The summed E-state index contributed by atoms with van der Waals surface area (Å²) in [5.74, 6) is 1.54. The molecule has 1 aromatic rings. The largest absolute Gasteiger partial charge is 0.381 e. The van der Waals surface area contributed by atoms with Crippen molar-refractivity contribution in [1.29, 1.82) is 0 Å².